The van der Waals surface area contributed by atoms with Crippen molar-refractivity contribution >= 4 is 27.3 Å². The van der Waals surface area contributed by atoms with Crippen molar-refractivity contribution in [3.63, 3.8) is 0 Å². The van der Waals surface area contributed by atoms with E-state index in [0.29, 0.717) is 16.7 Å². The zero-order valence-corrected chi connectivity index (χ0v) is 9.24. The van der Waals surface area contributed by atoms with E-state index in [2.05, 4.69) is 26.2 Å². The van der Waals surface area contributed by atoms with Crippen LogP contribution in [0.5, 0.6) is 0 Å². The minimum Gasteiger partial charge on any atom is -0.378 e. The van der Waals surface area contributed by atoms with Crippen LogP contribution >= 0.6 is 15.9 Å². The van der Waals surface area contributed by atoms with Gasteiger partial charge in [-0.05, 0) is 22.4 Å². The van der Waals surface area contributed by atoms with E-state index in [0.717, 1.165) is 6.42 Å². The van der Waals surface area contributed by atoms with Crippen LogP contribution in [0.3, 0.4) is 0 Å². The topological polar surface area (TPSA) is 68.1 Å². The molecule has 0 aliphatic carbocycles. The summed E-state index contributed by atoms with van der Waals surface area (Å²) in [5, 5.41) is 13.6. The van der Waals surface area contributed by atoms with Gasteiger partial charge in [0.1, 0.15) is 11.9 Å². The molecule has 0 radical (unpaired) electrons. The van der Waals surface area contributed by atoms with E-state index >= 15 is 0 Å². The van der Waals surface area contributed by atoms with Gasteiger partial charge >= 0.3 is 5.69 Å². The molecule has 1 aromatic heterocycles. The number of aromatic nitrogens is 1. The summed E-state index contributed by atoms with van der Waals surface area (Å²) in [5.74, 6) is 0. The lowest BCUT2D eigenvalue weighted by Crippen LogP contribution is -2.04. The molecule has 14 heavy (non-hydrogen) atoms. The number of nitrogens with one attached hydrogen (secondary N) is 1. The number of hydrogen-bond donors (Lipinski definition) is 1. The molecule has 0 amide bonds. The van der Waals surface area contributed by atoms with E-state index in [9.17, 15) is 10.1 Å². The number of halogens is 1. The van der Waals surface area contributed by atoms with Crippen LogP contribution < -0.4 is 5.32 Å². The Morgan fingerprint density at radius 2 is 2.36 bits per heavy atom. The molecule has 0 unspecified atom stereocenters. The summed E-state index contributed by atoms with van der Waals surface area (Å²) in [6.07, 6.45) is 3.68. The molecule has 0 saturated heterocycles. The fourth-order valence-electron chi connectivity index (χ4n) is 0.988. The molecule has 1 rings (SSSR count). The molecule has 5 nitrogen and oxygen atoms in total. The highest BCUT2D eigenvalue weighted by Gasteiger charge is 2.16. The molecular formula is C8H10BrN3O2. The summed E-state index contributed by atoms with van der Waals surface area (Å²) >= 11 is 3.22. The van der Waals surface area contributed by atoms with Crippen molar-refractivity contribution in [1.82, 2.24) is 4.98 Å². The second kappa shape index (κ2) is 4.90. The highest BCUT2D eigenvalue weighted by Crippen LogP contribution is 2.30. The van der Waals surface area contributed by atoms with Crippen LogP contribution in [0.15, 0.2) is 16.9 Å². The second-order valence-corrected chi connectivity index (χ2v) is 3.55. The molecule has 0 spiro atoms. The van der Waals surface area contributed by atoms with E-state index in [1.807, 2.05) is 6.92 Å². The molecule has 1 heterocycles. The van der Waals surface area contributed by atoms with Crippen LogP contribution in [0.1, 0.15) is 13.3 Å². The van der Waals surface area contributed by atoms with Crippen LogP contribution in [0.4, 0.5) is 11.4 Å². The first-order valence-electron chi connectivity index (χ1n) is 4.18. The number of nitro groups is 1. The van der Waals surface area contributed by atoms with Gasteiger partial charge in [0.2, 0.25) is 0 Å². The maximum Gasteiger partial charge on any atom is 0.311 e. The molecule has 0 saturated carbocycles. The molecule has 6 heteroatoms. The number of anilines is 1. The first-order valence-corrected chi connectivity index (χ1v) is 4.98. The van der Waals surface area contributed by atoms with E-state index in [1.165, 1.54) is 12.4 Å². The van der Waals surface area contributed by atoms with Crippen molar-refractivity contribution in [1.29, 1.82) is 0 Å². The first-order chi connectivity index (χ1) is 6.66. The monoisotopic (exact) mass is 259 g/mol. The quantitative estimate of drug-likeness (QED) is 0.667. The lowest BCUT2D eigenvalue weighted by molar-refractivity contribution is -0.384. The normalized spacial score (nSPS) is 9.86. The Hall–Kier alpha value is -1.17. The zero-order valence-electron chi connectivity index (χ0n) is 7.66. The maximum absolute atomic E-state index is 10.6. The van der Waals surface area contributed by atoms with Crippen LogP contribution in [-0.2, 0) is 0 Å². The molecule has 0 atom stereocenters. The van der Waals surface area contributed by atoms with Crippen LogP contribution in [0.2, 0.25) is 0 Å². The van der Waals surface area contributed by atoms with Gasteiger partial charge in [-0.1, -0.05) is 6.92 Å². The highest BCUT2D eigenvalue weighted by molar-refractivity contribution is 9.10. The zero-order chi connectivity index (χ0) is 10.6. The Kier molecular flexibility index (Phi) is 3.82. The number of nitrogens with zero attached hydrogens (tertiary/aromatic N) is 2. The third-order valence-electron chi connectivity index (χ3n) is 1.63. The van der Waals surface area contributed by atoms with Crippen molar-refractivity contribution in [3.8, 4) is 0 Å². The number of hydrogen-bond acceptors (Lipinski definition) is 4. The van der Waals surface area contributed by atoms with E-state index < -0.39 is 4.92 Å². The van der Waals surface area contributed by atoms with Crippen LogP contribution in [0.25, 0.3) is 0 Å². The third-order valence-corrected chi connectivity index (χ3v) is 2.23. The Labute approximate surface area is 89.8 Å². The van der Waals surface area contributed by atoms with Gasteiger partial charge in [0, 0.05) is 12.7 Å². The highest BCUT2D eigenvalue weighted by atomic mass is 79.9. The lowest BCUT2D eigenvalue weighted by Gasteiger charge is -2.06. The summed E-state index contributed by atoms with van der Waals surface area (Å²) in [5.41, 5.74) is 0.486. The van der Waals surface area contributed by atoms with Gasteiger partial charge in [0.25, 0.3) is 0 Å². The molecule has 0 aliphatic heterocycles. The largest absolute Gasteiger partial charge is 0.378 e. The summed E-state index contributed by atoms with van der Waals surface area (Å²) in [4.78, 5) is 13.9. The minimum atomic E-state index is -0.449. The molecule has 0 bridgehead atoms. The molecule has 0 fully saturated rings. The SMILES string of the molecule is CCCNc1c(Br)cncc1[N+](=O)[O-]. The Bertz CT molecular complexity index is 343. The molecule has 0 aromatic carbocycles. The van der Waals surface area contributed by atoms with Gasteiger partial charge in [-0.2, -0.15) is 0 Å². The Morgan fingerprint density at radius 3 is 2.93 bits per heavy atom. The van der Waals surface area contributed by atoms with Gasteiger partial charge in [-0.15, -0.1) is 0 Å². The van der Waals surface area contributed by atoms with Gasteiger partial charge < -0.3 is 5.32 Å². The van der Waals surface area contributed by atoms with Gasteiger partial charge in [-0.25, -0.2) is 0 Å². The molecule has 0 aliphatic rings. The Balaban J connectivity index is 3.02. The summed E-state index contributed by atoms with van der Waals surface area (Å²) in [6, 6.07) is 0. The van der Waals surface area contributed by atoms with Crippen LogP contribution in [0, 0.1) is 10.1 Å². The fourth-order valence-corrected chi connectivity index (χ4v) is 1.45. The minimum absolute atomic E-state index is 0.00664. The standard InChI is InChI=1S/C8H10BrN3O2/c1-2-3-11-8-6(9)4-10-5-7(8)12(13)14/h4-5H,2-3H2,1H3,(H,10,11). The van der Waals surface area contributed by atoms with E-state index in [-0.39, 0.29) is 5.69 Å². The van der Waals surface area contributed by atoms with Gasteiger partial charge in [-0.3, -0.25) is 15.1 Å². The smallest absolute Gasteiger partial charge is 0.311 e. The second-order valence-electron chi connectivity index (χ2n) is 2.70. The van der Waals surface area contributed by atoms with Crippen molar-refractivity contribution in [2.75, 3.05) is 11.9 Å². The van der Waals surface area contributed by atoms with Crippen molar-refractivity contribution in [2.45, 2.75) is 13.3 Å². The third kappa shape index (κ3) is 2.41. The summed E-state index contributed by atoms with van der Waals surface area (Å²) < 4.78 is 0.611. The van der Waals surface area contributed by atoms with E-state index in [4.69, 9.17) is 0 Å². The molecule has 76 valence electrons. The lowest BCUT2D eigenvalue weighted by atomic mass is 10.3. The predicted molar refractivity (Wildman–Crippen MR) is 57.4 cm³/mol. The average Bonchev–Trinajstić information content (AvgIpc) is 2.15. The molecule has 1 N–H and O–H groups in total. The number of pyridine rings is 1. The van der Waals surface area contributed by atoms with Crippen molar-refractivity contribution in [3.05, 3.63) is 27.0 Å². The van der Waals surface area contributed by atoms with Gasteiger partial charge in [0.15, 0.2) is 0 Å². The maximum atomic E-state index is 10.6. The molecular weight excluding hydrogens is 250 g/mol. The summed E-state index contributed by atoms with van der Waals surface area (Å²) in [6.45, 7) is 2.69. The molecule has 1 aromatic rings. The number of rotatable bonds is 4. The van der Waals surface area contributed by atoms with Gasteiger partial charge in [0.05, 0.1) is 9.40 Å². The Morgan fingerprint density at radius 1 is 1.64 bits per heavy atom. The van der Waals surface area contributed by atoms with Crippen molar-refractivity contribution < 1.29 is 4.92 Å². The summed E-state index contributed by atoms with van der Waals surface area (Å²) in [7, 11) is 0. The average molecular weight is 260 g/mol. The van der Waals surface area contributed by atoms with Crippen LogP contribution in [-0.4, -0.2) is 16.5 Å². The van der Waals surface area contributed by atoms with Crippen molar-refractivity contribution in [2.24, 2.45) is 0 Å². The first kappa shape index (κ1) is 10.9. The van der Waals surface area contributed by atoms with E-state index in [1.54, 1.807) is 0 Å². The fraction of sp³-hybridized carbons (Fsp3) is 0.375. The predicted octanol–water partition coefficient (Wildman–Crippen LogP) is 2.57.